The summed E-state index contributed by atoms with van der Waals surface area (Å²) in [7, 11) is 3.82. The van der Waals surface area contributed by atoms with Gasteiger partial charge < -0.3 is 19.4 Å². The monoisotopic (exact) mass is 501 g/mol. The van der Waals surface area contributed by atoms with Gasteiger partial charge in [0.1, 0.15) is 22.7 Å². The number of carbonyl (C=O) groups excluding carboxylic acids is 1. The highest BCUT2D eigenvalue weighted by Crippen LogP contribution is 2.53. The number of nitrogens with zero attached hydrogens (tertiary/aromatic N) is 2. The highest BCUT2D eigenvalue weighted by atomic mass is 16.6. The number of methoxy groups -OCH3 is 1. The molecule has 0 unspecified atom stereocenters. The molecule has 3 aromatic rings. The van der Waals surface area contributed by atoms with Gasteiger partial charge in [-0.15, -0.1) is 0 Å². The molecule has 1 saturated carbocycles. The van der Waals surface area contributed by atoms with E-state index >= 15 is 0 Å². The van der Waals surface area contributed by atoms with Crippen molar-refractivity contribution in [3.05, 3.63) is 66.0 Å². The van der Waals surface area contributed by atoms with E-state index in [2.05, 4.69) is 53.3 Å². The highest BCUT2D eigenvalue weighted by molar-refractivity contribution is 5.81. The summed E-state index contributed by atoms with van der Waals surface area (Å²) < 4.78 is 11.8. The molecule has 6 heteroatoms. The van der Waals surface area contributed by atoms with Gasteiger partial charge in [0.15, 0.2) is 0 Å². The smallest absolute Gasteiger partial charge is 0.308 e. The molecule has 0 amide bonds. The molecule has 0 spiro atoms. The average Bonchev–Trinajstić information content (AvgIpc) is 3.35. The van der Waals surface area contributed by atoms with E-state index in [4.69, 9.17) is 14.5 Å². The van der Waals surface area contributed by atoms with Crippen LogP contribution in [0.15, 0.2) is 54.6 Å². The maximum atomic E-state index is 12.9. The molecular weight excluding hydrogens is 462 g/mol. The zero-order valence-corrected chi connectivity index (χ0v) is 22.5. The molecule has 6 nitrogen and oxygen atoms in total. The van der Waals surface area contributed by atoms with Crippen LogP contribution in [-0.2, 0) is 16.0 Å². The van der Waals surface area contributed by atoms with Crippen LogP contribution in [0, 0.1) is 17.8 Å². The second kappa shape index (κ2) is 10.7. The van der Waals surface area contributed by atoms with Crippen molar-refractivity contribution in [1.29, 1.82) is 0 Å². The number of ether oxygens (including phenoxy) is 2. The number of rotatable bonds is 10. The van der Waals surface area contributed by atoms with E-state index in [9.17, 15) is 4.79 Å². The van der Waals surface area contributed by atoms with Crippen molar-refractivity contribution in [3.63, 3.8) is 0 Å². The Labute approximate surface area is 220 Å². The van der Waals surface area contributed by atoms with Crippen LogP contribution in [0.1, 0.15) is 50.9 Å². The highest BCUT2D eigenvalue weighted by Gasteiger charge is 2.50. The number of para-hydroxylation sites is 1. The van der Waals surface area contributed by atoms with Crippen molar-refractivity contribution in [2.24, 2.45) is 17.8 Å². The van der Waals surface area contributed by atoms with E-state index in [1.54, 1.807) is 7.11 Å². The molecule has 2 aromatic carbocycles. The topological polar surface area (TPSA) is 67.4 Å². The number of esters is 1. The fourth-order valence-corrected chi connectivity index (χ4v) is 6.03. The first-order valence-corrected chi connectivity index (χ1v) is 13.6. The maximum absolute atomic E-state index is 12.9. The van der Waals surface area contributed by atoms with E-state index in [1.165, 1.54) is 11.1 Å². The summed E-state index contributed by atoms with van der Waals surface area (Å²) in [5.74, 6) is 2.23. The Kier molecular flexibility index (Phi) is 7.38. The molecule has 1 fully saturated rings. The number of H-pyrrole nitrogens is 1. The summed E-state index contributed by atoms with van der Waals surface area (Å²) >= 11 is 0. The van der Waals surface area contributed by atoms with Gasteiger partial charge in [-0.05, 0) is 55.5 Å². The Morgan fingerprint density at radius 2 is 1.95 bits per heavy atom. The van der Waals surface area contributed by atoms with Gasteiger partial charge in [-0.1, -0.05) is 56.3 Å². The molecule has 3 atom stereocenters. The lowest BCUT2D eigenvalue weighted by molar-refractivity contribution is -0.176. The van der Waals surface area contributed by atoms with Gasteiger partial charge >= 0.3 is 5.97 Å². The van der Waals surface area contributed by atoms with E-state index in [0.717, 1.165) is 67.8 Å². The number of likely N-dealkylation sites (N-methyl/N-ethyl adjacent to an activating group) is 1. The fourth-order valence-electron chi connectivity index (χ4n) is 6.03. The molecule has 6 rings (SSSR count). The van der Waals surface area contributed by atoms with E-state index in [0.29, 0.717) is 5.92 Å². The lowest BCUT2D eigenvalue weighted by atomic mass is 9.60. The van der Waals surface area contributed by atoms with Crippen LogP contribution in [0.4, 0.5) is 0 Å². The first-order valence-electron chi connectivity index (χ1n) is 13.6. The predicted molar refractivity (Wildman–Crippen MR) is 147 cm³/mol. The van der Waals surface area contributed by atoms with E-state index in [-0.39, 0.29) is 17.8 Å². The van der Waals surface area contributed by atoms with Crippen molar-refractivity contribution in [3.8, 4) is 5.75 Å². The Balaban J connectivity index is 1.28. The van der Waals surface area contributed by atoms with Crippen LogP contribution in [-0.4, -0.2) is 53.7 Å². The molecule has 3 aliphatic rings. The number of hydrogen-bond acceptors (Lipinski definition) is 5. The number of imidazole rings is 1. The molecule has 1 N–H and O–H groups in total. The van der Waals surface area contributed by atoms with Crippen LogP contribution >= 0.6 is 0 Å². The summed E-state index contributed by atoms with van der Waals surface area (Å²) in [4.78, 5) is 23.4. The Bertz CT molecular complexity index is 1270. The van der Waals surface area contributed by atoms with Gasteiger partial charge in [0.25, 0.3) is 0 Å². The number of fused-ring (bicyclic) bond motifs is 3. The first-order chi connectivity index (χ1) is 17.9. The standard InChI is InChI=1S/C31H39N3O3/c1-21(2)30(35)37-31(20-23-13-14-24(31)19-25(23)22-9-6-5-7-10-22)16-18-34(3)17-15-28-32-26-11-8-12-27(36-4)29(26)33-28/h5-12,19,21,23-24H,13-18,20H2,1-4H3,(H,32,33)/t23-,24-,31+/m1/s1. The Morgan fingerprint density at radius 3 is 2.65 bits per heavy atom. The average molecular weight is 502 g/mol. The van der Waals surface area contributed by atoms with Crippen LogP contribution in [0.25, 0.3) is 16.6 Å². The van der Waals surface area contributed by atoms with Crippen LogP contribution < -0.4 is 4.74 Å². The number of nitrogens with one attached hydrogen (secondary N) is 1. The third kappa shape index (κ3) is 5.30. The fraction of sp³-hybridized carbons (Fsp3) is 0.484. The van der Waals surface area contributed by atoms with Gasteiger partial charge in [0, 0.05) is 31.8 Å². The minimum Gasteiger partial charge on any atom is -0.494 e. The summed E-state index contributed by atoms with van der Waals surface area (Å²) in [5, 5.41) is 0. The normalized spacial score (nSPS) is 23.0. The van der Waals surface area contributed by atoms with Gasteiger partial charge in [-0.3, -0.25) is 4.79 Å². The number of benzene rings is 2. The van der Waals surface area contributed by atoms with Crippen molar-refractivity contribution in [2.45, 2.75) is 51.6 Å². The van der Waals surface area contributed by atoms with Gasteiger partial charge in [-0.25, -0.2) is 4.98 Å². The maximum Gasteiger partial charge on any atom is 0.308 e. The van der Waals surface area contributed by atoms with Gasteiger partial charge in [0.05, 0.1) is 18.5 Å². The molecule has 3 aliphatic carbocycles. The molecule has 37 heavy (non-hydrogen) atoms. The molecule has 1 heterocycles. The number of aromatic nitrogens is 2. The summed E-state index contributed by atoms with van der Waals surface area (Å²) in [6, 6.07) is 16.6. The second-order valence-corrected chi connectivity index (χ2v) is 11.1. The van der Waals surface area contributed by atoms with Crippen molar-refractivity contribution in [1.82, 2.24) is 14.9 Å². The molecule has 0 saturated heterocycles. The van der Waals surface area contributed by atoms with Crippen LogP contribution in [0.3, 0.4) is 0 Å². The summed E-state index contributed by atoms with van der Waals surface area (Å²) in [5.41, 5.74) is 4.18. The molecule has 1 aromatic heterocycles. The lowest BCUT2D eigenvalue weighted by Crippen LogP contribution is -2.51. The second-order valence-electron chi connectivity index (χ2n) is 11.1. The number of hydrogen-bond donors (Lipinski definition) is 1. The van der Waals surface area contributed by atoms with Gasteiger partial charge in [-0.2, -0.15) is 0 Å². The third-order valence-corrected chi connectivity index (χ3v) is 8.19. The minimum atomic E-state index is -0.427. The molecular formula is C31H39N3O3. The first kappa shape index (κ1) is 25.5. The third-order valence-electron chi connectivity index (χ3n) is 8.19. The van der Waals surface area contributed by atoms with Crippen LogP contribution in [0.5, 0.6) is 5.75 Å². The number of aromatic amines is 1. The predicted octanol–water partition coefficient (Wildman–Crippen LogP) is 5.89. The van der Waals surface area contributed by atoms with Gasteiger partial charge in [0.2, 0.25) is 0 Å². The van der Waals surface area contributed by atoms with E-state index < -0.39 is 5.60 Å². The minimum absolute atomic E-state index is 0.0823. The zero-order valence-electron chi connectivity index (χ0n) is 22.5. The zero-order chi connectivity index (χ0) is 26.0. The van der Waals surface area contributed by atoms with E-state index in [1.807, 2.05) is 32.0 Å². The number of allylic oxidation sites excluding steroid dienone is 1. The van der Waals surface area contributed by atoms with Crippen molar-refractivity contribution < 1.29 is 14.3 Å². The molecule has 196 valence electrons. The van der Waals surface area contributed by atoms with Crippen LogP contribution in [0.2, 0.25) is 0 Å². The molecule has 0 radical (unpaired) electrons. The van der Waals surface area contributed by atoms with Crippen molar-refractivity contribution >= 4 is 22.6 Å². The largest absolute Gasteiger partial charge is 0.494 e. The quantitative estimate of drug-likeness (QED) is 0.351. The van der Waals surface area contributed by atoms with Crippen molar-refractivity contribution in [2.75, 3.05) is 27.2 Å². The summed E-state index contributed by atoms with van der Waals surface area (Å²) in [6.45, 7) is 5.59. The molecule has 2 bridgehead atoms. The Hall–Kier alpha value is -3.12. The summed E-state index contributed by atoms with van der Waals surface area (Å²) in [6.07, 6.45) is 7.23. The molecule has 0 aliphatic heterocycles. The SMILES string of the molecule is COc1cccc2[nH]c(CCN(C)CC[C@]3(OC(=O)C(C)C)C[C@H]4CC[C@@H]3C=C4c3ccccc3)nc12. The lowest BCUT2D eigenvalue weighted by Gasteiger charge is -2.50. The Morgan fingerprint density at radius 1 is 1.14 bits per heavy atom. The number of carbonyl (C=O) groups is 1.